The van der Waals surface area contributed by atoms with Crippen LogP contribution in [0.1, 0.15) is 31.0 Å². The summed E-state index contributed by atoms with van der Waals surface area (Å²) in [5.41, 5.74) is 1.52. The molecule has 0 radical (unpaired) electrons. The lowest BCUT2D eigenvalue weighted by atomic mass is 10.1. The number of nitrogens with zero attached hydrogens (tertiary/aromatic N) is 2. The summed E-state index contributed by atoms with van der Waals surface area (Å²) in [6, 6.07) is -0.00684. The van der Waals surface area contributed by atoms with E-state index < -0.39 is 0 Å². The standard InChI is InChI=1S/C13H20ClN3O2/c1-4-10(7-8-18)15-12(19)6-5-11-9(2)16-17(3)13(11)14/h5-6,10,18H,4,7-8H2,1-3H3,(H,15,19)/b6-5+. The Kier molecular flexibility index (Phi) is 6.05. The minimum absolute atomic E-state index is 0.00684. The molecule has 1 aromatic heterocycles. The monoisotopic (exact) mass is 285 g/mol. The van der Waals surface area contributed by atoms with E-state index in [0.29, 0.717) is 11.6 Å². The molecule has 6 heteroatoms. The van der Waals surface area contributed by atoms with E-state index in [2.05, 4.69) is 10.4 Å². The number of carbonyl (C=O) groups is 1. The van der Waals surface area contributed by atoms with Crippen LogP contribution in [0.2, 0.25) is 5.15 Å². The van der Waals surface area contributed by atoms with E-state index >= 15 is 0 Å². The minimum atomic E-state index is -0.195. The molecule has 1 atom stereocenters. The lowest BCUT2D eigenvalue weighted by molar-refractivity contribution is -0.117. The number of aromatic nitrogens is 2. The van der Waals surface area contributed by atoms with Gasteiger partial charge in [-0.1, -0.05) is 18.5 Å². The van der Waals surface area contributed by atoms with Crippen LogP contribution in [-0.4, -0.2) is 33.4 Å². The smallest absolute Gasteiger partial charge is 0.244 e. The molecule has 0 aliphatic carbocycles. The zero-order valence-electron chi connectivity index (χ0n) is 11.5. The van der Waals surface area contributed by atoms with Crippen molar-refractivity contribution in [1.29, 1.82) is 0 Å². The van der Waals surface area contributed by atoms with Crippen molar-refractivity contribution < 1.29 is 9.90 Å². The average molecular weight is 286 g/mol. The average Bonchev–Trinajstić information content (AvgIpc) is 2.60. The highest BCUT2D eigenvalue weighted by Crippen LogP contribution is 2.19. The van der Waals surface area contributed by atoms with Crippen LogP contribution in [-0.2, 0) is 11.8 Å². The highest BCUT2D eigenvalue weighted by molar-refractivity contribution is 6.31. The summed E-state index contributed by atoms with van der Waals surface area (Å²) in [7, 11) is 1.75. The van der Waals surface area contributed by atoms with Crippen molar-refractivity contribution in [3.8, 4) is 0 Å². The molecule has 0 saturated carbocycles. The van der Waals surface area contributed by atoms with E-state index in [9.17, 15) is 4.79 Å². The van der Waals surface area contributed by atoms with Crippen molar-refractivity contribution in [1.82, 2.24) is 15.1 Å². The molecular weight excluding hydrogens is 266 g/mol. The second-order valence-corrected chi connectivity index (χ2v) is 4.73. The van der Waals surface area contributed by atoms with Crippen LogP contribution in [0.5, 0.6) is 0 Å². The molecule has 0 fully saturated rings. The van der Waals surface area contributed by atoms with Crippen molar-refractivity contribution >= 4 is 23.6 Å². The SMILES string of the molecule is CCC(CCO)NC(=O)/C=C/c1c(C)nn(C)c1Cl. The molecule has 0 spiro atoms. The van der Waals surface area contributed by atoms with Crippen LogP contribution in [0.15, 0.2) is 6.08 Å². The first-order chi connectivity index (χ1) is 8.99. The molecule has 1 amide bonds. The summed E-state index contributed by atoms with van der Waals surface area (Å²) in [5, 5.41) is 16.4. The van der Waals surface area contributed by atoms with E-state index in [4.69, 9.17) is 16.7 Å². The molecule has 0 aliphatic rings. The van der Waals surface area contributed by atoms with Crippen LogP contribution in [0.4, 0.5) is 0 Å². The maximum atomic E-state index is 11.7. The third kappa shape index (κ3) is 4.36. The molecule has 0 bridgehead atoms. The highest BCUT2D eigenvalue weighted by atomic mass is 35.5. The van der Waals surface area contributed by atoms with Crippen molar-refractivity contribution in [2.45, 2.75) is 32.7 Å². The lowest BCUT2D eigenvalue weighted by Gasteiger charge is -2.13. The van der Waals surface area contributed by atoms with Gasteiger partial charge in [-0.2, -0.15) is 5.10 Å². The molecule has 0 aromatic carbocycles. The summed E-state index contributed by atoms with van der Waals surface area (Å²) in [5.74, 6) is -0.195. The second-order valence-electron chi connectivity index (χ2n) is 4.37. The van der Waals surface area contributed by atoms with Crippen LogP contribution >= 0.6 is 11.6 Å². The number of rotatable bonds is 6. The summed E-state index contributed by atoms with van der Waals surface area (Å²) in [4.78, 5) is 11.7. The predicted molar refractivity (Wildman–Crippen MR) is 75.9 cm³/mol. The van der Waals surface area contributed by atoms with Gasteiger partial charge in [-0.3, -0.25) is 9.48 Å². The Morgan fingerprint density at radius 1 is 1.63 bits per heavy atom. The Morgan fingerprint density at radius 3 is 2.79 bits per heavy atom. The Hall–Kier alpha value is -1.33. The maximum absolute atomic E-state index is 11.7. The lowest BCUT2D eigenvalue weighted by Crippen LogP contribution is -2.33. The van der Waals surface area contributed by atoms with Gasteiger partial charge in [0.25, 0.3) is 0 Å². The number of amides is 1. The largest absolute Gasteiger partial charge is 0.396 e. The fraction of sp³-hybridized carbons (Fsp3) is 0.538. The van der Waals surface area contributed by atoms with Gasteiger partial charge < -0.3 is 10.4 Å². The van der Waals surface area contributed by atoms with E-state index in [0.717, 1.165) is 17.7 Å². The van der Waals surface area contributed by atoms with Crippen molar-refractivity contribution in [3.05, 3.63) is 22.5 Å². The fourth-order valence-corrected chi connectivity index (χ4v) is 2.02. The fourth-order valence-electron chi connectivity index (χ4n) is 1.78. The van der Waals surface area contributed by atoms with Gasteiger partial charge in [0.2, 0.25) is 5.91 Å². The first-order valence-corrected chi connectivity index (χ1v) is 6.65. The topological polar surface area (TPSA) is 67.2 Å². The van der Waals surface area contributed by atoms with E-state index in [-0.39, 0.29) is 18.6 Å². The first-order valence-electron chi connectivity index (χ1n) is 6.28. The minimum Gasteiger partial charge on any atom is -0.396 e. The van der Waals surface area contributed by atoms with Crippen molar-refractivity contribution in [3.63, 3.8) is 0 Å². The molecule has 1 aromatic rings. The van der Waals surface area contributed by atoms with Crippen LogP contribution in [0.3, 0.4) is 0 Å². The number of nitrogens with one attached hydrogen (secondary N) is 1. The Morgan fingerprint density at radius 2 is 2.32 bits per heavy atom. The first kappa shape index (κ1) is 15.7. The summed E-state index contributed by atoms with van der Waals surface area (Å²) in [6.45, 7) is 3.87. The molecule has 1 heterocycles. The zero-order valence-corrected chi connectivity index (χ0v) is 12.2. The number of aliphatic hydroxyl groups excluding tert-OH is 1. The molecule has 0 saturated heterocycles. The van der Waals surface area contributed by atoms with Gasteiger partial charge in [0.05, 0.1) is 5.69 Å². The normalized spacial score (nSPS) is 12.9. The molecule has 5 nitrogen and oxygen atoms in total. The molecule has 19 heavy (non-hydrogen) atoms. The molecule has 2 N–H and O–H groups in total. The Labute approximate surface area is 118 Å². The number of aliphatic hydroxyl groups is 1. The van der Waals surface area contributed by atoms with Gasteiger partial charge in [-0.25, -0.2) is 0 Å². The highest BCUT2D eigenvalue weighted by Gasteiger charge is 2.10. The number of hydrogen-bond acceptors (Lipinski definition) is 3. The number of halogens is 1. The van der Waals surface area contributed by atoms with Gasteiger partial charge in [0.15, 0.2) is 0 Å². The van der Waals surface area contributed by atoms with E-state index in [1.54, 1.807) is 17.8 Å². The van der Waals surface area contributed by atoms with Crippen molar-refractivity contribution in [2.24, 2.45) is 7.05 Å². The second kappa shape index (κ2) is 7.31. The third-order valence-electron chi connectivity index (χ3n) is 2.91. The maximum Gasteiger partial charge on any atom is 0.244 e. The van der Waals surface area contributed by atoms with Crippen LogP contribution < -0.4 is 5.32 Å². The molecule has 1 rings (SSSR count). The number of aryl methyl sites for hydroxylation is 2. The van der Waals surface area contributed by atoms with Crippen molar-refractivity contribution in [2.75, 3.05) is 6.61 Å². The third-order valence-corrected chi connectivity index (χ3v) is 3.36. The van der Waals surface area contributed by atoms with E-state index in [1.807, 2.05) is 13.8 Å². The zero-order chi connectivity index (χ0) is 14.4. The summed E-state index contributed by atoms with van der Waals surface area (Å²) in [6.07, 6.45) is 4.44. The summed E-state index contributed by atoms with van der Waals surface area (Å²) < 4.78 is 1.56. The van der Waals surface area contributed by atoms with Crippen LogP contribution in [0.25, 0.3) is 6.08 Å². The number of hydrogen-bond donors (Lipinski definition) is 2. The van der Waals surface area contributed by atoms with Gasteiger partial charge in [-0.15, -0.1) is 0 Å². The molecule has 1 unspecified atom stereocenters. The van der Waals surface area contributed by atoms with Gasteiger partial charge in [0.1, 0.15) is 5.15 Å². The van der Waals surface area contributed by atoms with Gasteiger partial charge in [0, 0.05) is 31.3 Å². The molecular formula is C13H20ClN3O2. The van der Waals surface area contributed by atoms with Crippen LogP contribution in [0, 0.1) is 6.92 Å². The molecule has 106 valence electrons. The number of carbonyl (C=O) groups excluding carboxylic acids is 1. The van der Waals surface area contributed by atoms with Gasteiger partial charge in [-0.05, 0) is 25.8 Å². The van der Waals surface area contributed by atoms with E-state index in [1.165, 1.54) is 6.08 Å². The quantitative estimate of drug-likeness (QED) is 0.782. The molecule has 0 aliphatic heterocycles. The van der Waals surface area contributed by atoms with Gasteiger partial charge >= 0.3 is 0 Å². The Balaban J connectivity index is 2.68. The summed E-state index contributed by atoms with van der Waals surface area (Å²) >= 11 is 6.06. The Bertz CT molecular complexity index is 469. The predicted octanol–water partition coefficient (Wildman–Crippen LogP) is 1.67.